The van der Waals surface area contributed by atoms with Gasteiger partial charge in [-0.1, -0.05) is 23.5 Å². The highest BCUT2D eigenvalue weighted by Crippen LogP contribution is 2.43. The molecule has 0 N–H and O–H groups in total. The average Bonchev–Trinajstić information content (AvgIpc) is 3.36. The molecular formula is C24H17FN2O6S. The quantitative estimate of drug-likeness (QED) is 0.403. The highest BCUT2D eigenvalue weighted by molar-refractivity contribution is 7.17. The van der Waals surface area contributed by atoms with Crippen LogP contribution in [0.25, 0.3) is 11.0 Å². The van der Waals surface area contributed by atoms with Crippen LogP contribution in [0.2, 0.25) is 0 Å². The zero-order valence-corrected chi connectivity index (χ0v) is 19.1. The zero-order valence-electron chi connectivity index (χ0n) is 18.2. The molecule has 2 aromatic carbocycles. The largest absolute Gasteiger partial charge is 0.497 e. The number of carbonyl (C=O) groups is 2. The second kappa shape index (κ2) is 8.07. The van der Waals surface area contributed by atoms with Crippen LogP contribution in [0, 0.1) is 12.7 Å². The van der Waals surface area contributed by atoms with E-state index in [0.29, 0.717) is 17.0 Å². The fourth-order valence-corrected chi connectivity index (χ4v) is 5.02. The number of aryl methyl sites for hydroxylation is 1. The molecule has 0 saturated heterocycles. The lowest BCUT2D eigenvalue weighted by Crippen LogP contribution is -2.29. The van der Waals surface area contributed by atoms with E-state index in [2.05, 4.69) is 4.98 Å². The van der Waals surface area contributed by atoms with E-state index in [4.69, 9.17) is 13.9 Å². The standard InChI is InChI=1S/C24H17FN2O6S/c1-11-21(23(30)32-3)34-24(26-11)27-18(12-4-7-14(31-2)8-5-12)17-19(28)15-10-13(25)6-9-16(15)33-20(17)22(27)29/h4-10,18H,1-3H3. The maximum absolute atomic E-state index is 13.9. The monoisotopic (exact) mass is 480 g/mol. The SMILES string of the molecule is COC(=O)c1sc(N2C(=O)c3oc4ccc(F)cc4c(=O)c3C2c2ccc(OC)cc2)nc1C. The van der Waals surface area contributed by atoms with Crippen LogP contribution < -0.4 is 15.1 Å². The molecule has 3 heterocycles. The zero-order chi connectivity index (χ0) is 24.1. The third kappa shape index (κ3) is 3.26. The summed E-state index contributed by atoms with van der Waals surface area (Å²) in [5, 5.41) is 0.224. The first kappa shape index (κ1) is 21.8. The van der Waals surface area contributed by atoms with Crippen LogP contribution in [0.5, 0.6) is 5.75 Å². The molecule has 1 aliphatic heterocycles. The topological polar surface area (TPSA) is 98.9 Å². The lowest BCUT2D eigenvalue weighted by Gasteiger charge is -2.22. The fourth-order valence-electron chi connectivity index (χ4n) is 4.01. The van der Waals surface area contributed by atoms with Crippen LogP contribution in [0.15, 0.2) is 51.7 Å². The van der Waals surface area contributed by atoms with Crippen LogP contribution in [-0.4, -0.2) is 31.1 Å². The van der Waals surface area contributed by atoms with Crippen LogP contribution >= 0.6 is 11.3 Å². The third-order valence-electron chi connectivity index (χ3n) is 5.63. The maximum Gasteiger partial charge on any atom is 0.350 e. The first-order chi connectivity index (χ1) is 16.3. The van der Waals surface area contributed by atoms with Crippen LogP contribution in [0.4, 0.5) is 9.52 Å². The minimum absolute atomic E-state index is 0.0254. The van der Waals surface area contributed by atoms with Crippen LogP contribution in [0.1, 0.15) is 43.1 Å². The average molecular weight is 480 g/mol. The molecule has 1 aliphatic rings. The molecule has 0 radical (unpaired) electrons. The highest BCUT2D eigenvalue weighted by Gasteiger charge is 2.45. The summed E-state index contributed by atoms with van der Waals surface area (Å²) in [7, 11) is 2.78. The van der Waals surface area contributed by atoms with Gasteiger partial charge >= 0.3 is 5.97 Å². The Morgan fingerprint density at radius 1 is 1.15 bits per heavy atom. The van der Waals surface area contributed by atoms with Gasteiger partial charge in [-0.15, -0.1) is 0 Å². The molecule has 172 valence electrons. The normalized spacial score (nSPS) is 15.0. The summed E-state index contributed by atoms with van der Waals surface area (Å²) in [5.74, 6) is -1.34. The number of hydrogen-bond donors (Lipinski definition) is 0. The molecule has 1 atom stereocenters. The number of fused-ring (bicyclic) bond motifs is 2. The molecule has 0 aliphatic carbocycles. The van der Waals surface area contributed by atoms with Gasteiger partial charge in [0, 0.05) is 0 Å². The number of rotatable bonds is 4. The summed E-state index contributed by atoms with van der Waals surface area (Å²) in [6, 6.07) is 9.48. The molecule has 2 aromatic heterocycles. The van der Waals surface area contributed by atoms with Gasteiger partial charge < -0.3 is 13.9 Å². The molecule has 8 nitrogen and oxygen atoms in total. The number of aromatic nitrogens is 1. The summed E-state index contributed by atoms with van der Waals surface area (Å²) in [4.78, 5) is 45.2. The minimum atomic E-state index is -0.909. The molecule has 1 amide bonds. The van der Waals surface area contributed by atoms with Gasteiger partial charge in [0.25, 0.3) is 5.91 Å². The summed E-state index contributed by atoms with van der Waals surface area (Å²) in [6.07, 6.45) is 0. The molecule has 1 unspecified atom stereocenters. The Balaban J connectivity index is 1.77. The van der Waals surface area contributed by atoms with Gasteiger partial charge in [-0.2, -0.15) is 0 Å². The molecule has 0 bridgehead atoms. The van der Waals surface area contributed by atoms with E-state index in [1.54, 1.807) is 31.2 Å². The van der Waals surface area contributed by atoms with E-state index < -0.39 is 29.2 Å². The highest BCUT2D eigenvalue weighted by atomic mass is 32.1. The number of methoxy groups -OCH3 is 2. The van der Waals surface area contributed by atoms with Crippen molar-refractivity contribution in [1.29, 1.82) is 0 Å². The van der Waals surface area contributed by atoms with Gasteiger partial charge in [0.2, 0.25) is 5.76 Å². The Kier molecular flexibility index (Phi) is 5.17. The van der Waals surface area contributed by atoms with E-state index in [9.17, 15) is 18.8 Å². The van der Waals surface area contributed by atoms with Gasteiger partial charge in [-0.05, 0) is 42.8 Å². The van der Waals surface area contributed by atoms with Crippen LogP contribution in [0.3, 0.4) is 0 Å². The molecule has 0 fully saturated rings. The predicted octanol–water partition coefficient (Wildman–Crippen LogP) is 4.24. The fraction of sp³-hybridized carbons (Fsp3) is 0.167. The number of ether oxygens (including phenoxy) is 2. The van der Waals surface area contributed by atoms with Gasteiger partial charge in [0.1, 0.15) is 22.0 Å². The number of amides is 1. The molecular weight excluding hydrogens is 463 g/mol. The van der Waals surface area contributed by atoms with Crippen LogP contribution in [-0.2, 0) is 4.74 Å². The molecule has 34 heavy (non-hydrogen) atoms. The van der Waals surface area contributed by atoms with Crippen molar-refractivity contribution >= 4 is 39.3 Å². The first-order valence-corrected chi connectivity index (χ1v) is 10.9. The van der Waals surface area contributed by atoms with Crippen molar-refractivity contribution in [2.45, 2.75) is 13.0 Å². The van der Waals surface area contributed by atoms with Gasteiger partial charge in [0.15, 0.2) is 10.6 Å². The Labute approximate surface area is 196 Å². The van der Waals surface area contributed by atoms with E-state index in [-0.39, 0.29) is 32.3 Å². The molecule has 0 spiro atoms. The van der Waals surface area contributed by atoms with Crippen molar-refractivity contribution in [3.05, 3.63) is 86.0 Å². The molecule has 10 heteroatoms. The summed E-state index contributed by atoms with van der Waals surface area (Å²) < 4.78 is 29.8. The smallest absolute Gasteiger partial charge is 0.350 e. The Hall–Kier alpha value is -4.05. The van der Waals surface area contributed by atoms with Crippen molar-refractivity contribution in [2.75, 3.05) is 19.1 Å². The summed E-state index contributed by atoms with van der Waals surface area (Å²) >= 11 is 0.974. The lowest BCUT2D eigenvalue weighted by molar-refractivity contribution is 0.0605. The number of anilines is 1. The molecule has 5 rings (SSSR count). The minimum Gasteiger partial charge on any atom is -0.497 e. The predicted molar refractivity (Wildman–Crippen MR) is 122 cm³/mol. The van der Waals surface area contributed by atoms with Crippen molar-refractivity contribution in [2.24, 2.45) is 0 Å². The number of carbonyl (C=O) groups excluding carboxylic acids is 2. The summed E-state index contributed by atoms with van der Waals surface area (Å²) in [5.41, 5.74) is 0.619. The van der Waals surface area contributed by atoms with E-state index in [1.807, 2.05) is 0 Å². The van der Waals surface area contributed by atoms with E-state index in [1.165, 1.54) is 25.2 Å². The first-order valence-electron chi connectivity index (χ1n) is 10.1. The van der Waals surface area contributed by atoms with Gasteiger partial charge in [-0.25, -0.2) is 14.2 Å². The lowest BCUT2D eigenvalue weighted by atomic mass is 9.98. The number of nitrogens with zero attached hydrogens (tertiary/aromatic N) is 2. The molecule has 4 aromatic rings. The van der Waals surface area contributed by atoms with Gasteiger partial charge in [-0.3, -0.25) is 14.5 Å². The number of benzene rings is 2. The Morgan fingerprint density at radius 2 is 1.88 bits per heavy atom. The summed E-state index contributed by atoms with van der Waals surface area (Å²) in [6.45, 7) is 1.63. The van der Waals surface area contributed by atoms with Gasteiger partial charge in [0.05, 0.1) is 36.9 Å². The van der Waals surface area contributed by atoms with E-state index >= 15 is 0 Å². The Morgan fingerprint density at radius 3 is 2.56 bits per heavy atom. The number of hydrogen-bond acceptors (Lipinski definition) is 8. The van der Waals surface area contributed by atoms with E-state index in [0.717, 1.165) is 23.5 Å². The molecule has 0 saturated carbocycles. The van der Waals surface area contributed by atoms with Crippen molar-refractivity contribution in [1.82, 2.24) is 4.98 Å². The van der Waals surface area contributed by atoms with Crippen molar-refractivity contribution < 1.29 is 27.9 Å². The number of halogens is 1. The Bertz CT molecular complexity index is 1530. The van der Waals surface area contributed by atoms with Crippen molar-refractivity contribution in [3.8, 4) is 5.75 Å². The van der Waals surface area contributed by atoms with Crippen molar-refractivity contribution in [3.63, 3.8) is 0 Å². The second-order valence-corrected chi connectivity index (χ2v) is 8.55. The number of esters is 1. The maximum atomic E-state index is 13.9. The third-order valence-corrected chi connectivity index (χ3v) is 6.76. The second-order valence-electron chi connectivity index (χ2n) is 7.57. The number of thiazole rings is 1.